The molecule has 1 unspecified atom stereocenters. The van der Waals surface area contributed by atoms with Crippen molar-refractivity contribution in [1.29, 1.82) is 0 Å². The van der Waals surface area contributed by atoms with E-state index in [2.05, 4.69) is 9.71 Å². The van der Waals surface area contributed by atoms with Gasteiger partial charge in [-0.2, -0.15) is 0 Å². The van der Waals surface area contributed by atoms with Crippen molar-refractivity contribution in [2.45, 2.75) is 18.9 Å². The van der Waals surface area contributed by atoms with Gasteiger partial charge in [0.05, 0.1) is 11.8 Å². The summed E-state index contributed by atoms with van der Waals surface area (Å²) in [4.78, 5) is 29.0. The van der Waals surface area contributed by atoms with E-state index in [1.807, 2.05) is 6.07 Å². The van der Waals surface area contributed by atoms with Gasteiger partial charge in [0.15, 0.2) is 0 Å². The lowest BCUT2D eigenvalue weighted by atomic mass is 10.0. The van der Waals surface area contributed by atoms with Gasteiger partial charge in [0.25, 0.3) is 5.91 Å². The summed E-state index contributed by atoms with van der Waals surface area (Å²) in [6, 6.07) is 8.14. The maximum atomic E-state index is 12.9. The van der Waals surface area contributed by atoms with Gasteiger partial charge < -0.3 is 9.88 Å². The molecule has 2 heterocycles. The monoisotopic (exact) mass is 349 g/mol. The molecule has 0 saturated carbocycles. The average Bonchev–Trinajstić information content (AvgIpc) is 2.52. The van der Waals surface area contributed by atoms with Crippen molar-refractivity contribution in [3.63, 3.8) is 0 Å². The summed E-state index contributed by atoms with van der Waals surface area (Å²) in [6.07, 6.45) is 2.50. The summed E-state index contributed by atoms with van der Waals surface area (Å²) in [7, 11) is -3.32. The zero-order valence-electron chi connectivity index (χ0n) is 13.3. The lowest BCUT2D eigenvalue weighted by Gasteiger charge is -2.33. The van der Waals surface area contributed by atoms with Gasteiger partial charge in [-0.15, -0.1) is 0 Å². The Morgan fingerprint density at radius 3 is 2.83 bits per heavy atom. The highest BCUT2D eigenvalue weighted by atomic mass is 32.2. The first kappa shape index (κ1) is 16.7. The third-order valence-electron chi connectivity index (χ3n) is 4.07. The van der Waals surface area contributed by atoms with E-state index in [4.69, 9.17) is 0 Å². The number of hydrogen-bond acceptors (Lipinski definition) is 4. The number of nitrogens with zero attached hydrogens (tertiary/aromatic N) is 1. The van der Waals surface area contributed by atoms with Crippen molar-refractivity contribution >= 4 is 26.8 Å². The Hall–Kier alpha value is -2.19. The van der Waals surface area contributed by atoms with Crippen molar-refractivity contribution in [1.82, 2.24) is 14.6 Å². The Morgan fingerprint density at radius 2 is 2.08 bits per heavy atom. The molecule has 24 heavy (non-hydrogen) atoms. The minimum absolute atomic E-state index is 0.252. The minimum atomic E-state index is -3.32. The molecule has 1 aliphatic heterocycles. The molecule has 2 N–H and O–H groups in total. The standard InChI is InChI=1S/C16H19N3O4S/c1-24(22,23)18-11-5-4-8-19(10-11)16(21)13-9-15(20)17-14-7-3-2-6-12(13)14/h2-3,6-7,9,11,18H,4-5,8,10H2,1H3,(H,17,20). The molecule has 2 aromatic rings. The van der Waals surface area contributed by atoms with E-state index in [0.29, 0.717) is 42.4 Å². The van der Waals surface area contributed by atoms with Crippen molar-refractivity contribution in [2.24, 2.45) is 0 Å². The van der Waals surface area contributed by atoms with Gasteiger partial charge in [0, 0.05) is 36.1 Å². The molecule has 0 radical (unpaired) electrons. The molecule has 1 saturated heterocycles. The van der Waals surface area contributed by atoms with Gasteiger partial charge in [0.2, 0.25) is 15.6 Å². The largest absolute Gasteiger partial charge is 0.337 e. The number of fused-ring (bicyclic) bond motifs is 1. The Kier molecular flexibility index (Phi) is 4.42. The van der Waals surface area contributed by atoms with Crippen molar-refractivity contribution in [3.05, 3.63) is 46.2 Å². The fourth-order valence-electron chi connectivity index (χ4n) is 3.11. The van der Waals surface area contributed by atoms with Crippen LogP contribution >= 0.6 is 0 Å². The summed E-state index contributed by atoms with van der Waals surface area (Å²) in [5.74, 6) is -0.252. The highest BCUT2D eigenvalue weighted by Crippen LogP contribution is 2.19. The first-order valence-electron chi connectivity index (χ1n) is 7.72. The second-order valence-corrected chi connectivity index (χ2v) is 7.85. The smallest absolute Gasteiger partial charge is 0.254 e. The first-order chi connectivity index (χ1) is 11.3. The summed E-state index contributed by atoms with van der Waals surface area (Å²) >= 11 is 0. The molecule has 1 fully saturated rings. The van der Waals surface area contributed by atoms with E-state index in [1.165, 1.54) is 6.07 Å². The maximum Gasteiger partial charge on any atom is 0.254 e. The highest BCUT2D eigenvalue weighted by molar-refractivity contribution is 7.88. The van der Waals surface area contributed by atoms with E-state index >= 15 is 0 Å². The molecular formula is C16H19N3O4S. The second kappa shape index (κ2) is 6.37. The Morgan fingerprint density at radius 1 is 1.33 bits per heavy atom. The number of carbonyl (C=O) groups is 1. The van der Waals surface area contributed by atoms with Crippen LogP contribution in [-0.4, -0.2) is 49.6 Å². The predicted octanol–water partition coefficient (Wildman–Crippen LogP) is 0.682. The number of amides is 1. The summed E-state index contributed by atoms with van der Waals surface area (Å²) < 4.78 is 25.4. The zero-order valence-corrected chi connectivity index (χ0v) is 14.1. The van der Waals surface area contributed by atoms with Crippen molar-refractivity contribution < 1.29 is 13.2 Å². The van der Waals surface area contributed by atoms with Crippen LogP contribution in [0.1, 0.15) is 23.2 Å². The molecule has 1 aliphatic rings. The van der Waals surface area contributed by atoms with Gasteiger partial charge in [0.1, 0.15) is 0 Å². The van der Waals surface area contributed by atoms with Crippen LogP contribution in [0.4, 0.5) is 0 Å². The fourth-order valence-corrected chi connectivity index (χ4v) is 3.91. The number of aromatic amines is 1. The number of hydrogen-bond donors (Lipinski definition) is 2. The van der Waals surface area contributed by atoms with Gasteiger partial charge in [-0.3, -0.25) is 9.59 Å². The van der Waals surface area contributed by atoms with Gasteiger partial charge in [-0.05, 0) is 18.9 Å². The van der Waals surface area contributed by atoms with E-state index in [-0.39, 0.29) is 17.5 Å². The van der Waals surface area contributed by atoms with Crippen LogP contribution in [0, 0.1) is 0 Å². The number of para-hydroxylation sites is 1. The number of rotatable bonds is 3. The van der Waals surface area contributed by atoms with Gasteiger partial charge in [-0.1, -0.05) is 18.2 Å². The predicted molar refractivity (Wildman–Crippen MR) is 91.5 cm³/mol. The van der Waals surface area contributed by atoms with Gasteiger partial charge in [-0.25, -0.2) is 13.1 Å². The molecule has 1 aromatic heterocycles. The SMILES string of the molecule is CS(=O)(=O)NC1CCCN(C(=O)c2cc(=O)[nH]c3ccccc23)C1. The van der Waals surface area contributed by atoms with E-state index in [1.54, 1.807) is 23.1 Å². The molecule has 1 aromatic carbocycles. The Balaban J connectivity index is 1.90. The molecule has 1 atom stereocenters. The van der Waals surface area contributed by atoms with Crippen LogP contribution in [0.3, 0.4) is 0 Å². The van der Waals surface area contributed by atoms with Crippen LogP contribution in [0.5, 0.6) is 0 Å². The van der Waals surface area contributed by atoms with Crippen LogP contribution in [0.25, 0.3) is 10.9 Å². The molecule has 128 valence electrons. The summed E-state index contributed by atoms with van der Waals surface area (Å²) in [5, 5.41) is 0.681. The molecule has 3 rings (SSSR count). The average molecular weight is 349 g/mol. The van der Waals surface area contributed by atoms with E-state index in [0.717, 1.165) is 6.26 Å². The van der Waals surface area contributed by atoms with Crippen LogP contribution in [-0.2, 0) is 10.0 Å². The number of benzene rings is 1. The molecule has 8 heteroatoms. The molecule has 0 spiro atoms. The fraction of sp³-hybridized carbons (Fsp3) is 0.375. The first-order valence-corrected chi connectivity index (χ1v) is 9.61. The van der Waals surface area contributed by atoms with Gasteiger partial charge >= 0.3 is 0 Å². The molecule has 0 bridgehead atoms. The van der Waals surface area contributed by atoms with E-state index < -0.39 is 10.0 Å². The Labute approximate surface area is 139 Å². The molecular weight excluding hydrogens is 330 g/mol. The number of carbonyl (C=O) groups excluding carboxylic acids is 1. The third kappa shape index (κ3) is 3.65. The lowest BCUT2D eigenvalue weighted by molar-refractivity contribution is 0.0705. The third-order valence-corrected chi connectivity index (χ3v) is 4.83. The van der Waals surface area contributed by atoms with Crippen molar-refractivity contribution in [2.75, 3.05) is 19.3 Å². The zero-order chi connectivity index (χ0) is 17.3. The van der Waals surface area contributed by atoms with Crippen LogP contribution < -0.4 is 10.3 Å². The summed E-state index contributed by atoms with van der Waals surface area (Å²) in [6.45, 7) is 0.842. The number of nitrogens with one attached hydrogen (secondary N) is 2. The van der Waals surface area contributed by atoms with E-state index in [9.17, 15) is 18.0 Å². The maximum absolute atomic E-state index is 12.9. The number of pyridine rings is 1. The topological polar surface area (TPSA) is 99.3 Å². The number of H-pyrrole nitrogens is 1. The quantitative estimate of drug-likeness (QED) is 0.851. The highest BCUT2D eigenvalue weighted by Gasteiger charge is 2.27. The minimum Gasteiger partial charge on any atom is -0.337 e. The lowest BCUT2D eigenvalue weighted by Crippen LogP contribution is -2.49. The van der Waals surface area contributed by atoms with Crippen LogP contribution in [0.15, 0.2) is 35.1 Å². The number of sulfonamides is 1. The molecule has 7 nitrogen and oxygen atoms in total. The molecule has 1 amide bonds. The van der Waals surface area contributed by atoms with Crippen LogP contribution in [0.2, 0.25) is 0 Å². The molecule has 0 aliphatic carbocycles. The Bertz CT molecular complexity index is 936. The van der Waals surface area contributed by atoms with Crippen molar-refractivity contribution in [3.8, 4) is 0 Å². The number of piperidine rings is 1. The normalized spacial score (nSPS) is 18.7. The number of aromatic nitrogens is 1. The summed E-state index contributed by atoms with van der Waals surface area (Å²) in [5.41, 5.74) is 0.616. The number of likely N-dealkylation sites (tertiary alicyclic amines) is 1. The second-order valence-electron chi connectivity index (χ2n) is 6.07.